The third-order valence-corrected chi connectivity index (χ3v) is 5.75. The van der Waals surface area contributed by atoms with Crippen LogP contribution >= 0.6 is 11.3 Å². The molecule has 0 atom stereocenters. The Labute approximate surface area is 162 Å². The predicted molar refractivity (Wildman–Crippen MR) is 113 cm³/mol. The first kappa shape index (κ1) is 18.8. The summed E-state index contributed by atoms with van der Waals surface area (Å²) >= 11 is 1.86. The van der Waals surface area contributed by atoms with Gasteiger partial charge in [-0.15, -0.1) is 11.3 Å². The van der Waals surface area contributed by atoms with Crippen molar-refractivity contribution in [3.63, 3.8) is 0 Å². The first-order valence-electron chi connectivity index (χ1n) is 9.77. The van der Waals surface area contributed by atoms with Gasteiger partial charge in [-0.2, -0.15) is 0 Å². The summed E-state index contributed by atoms with van der Waals surface area (Å²) in [6.07, 6.45) is 8.72. The molecule has 1 nitrogen and oxygen atoms in total. The molecule has 0 N–H and O–H groups in total. The Hall–Kier alpha value is -1.93. The van der Waals surface area contributed by atoms with Gasteiger partial charge in [-0.1, -0.05) is 81.1 Å². The standard InChI is InChI=1S/C24H28NS/c1-3-4-5-6-10-13-23-24(26-19(2)25-23)18-20-14-16-22(17-15-20)21-11-8-7-9-12-21/h7-9,11,14-17H,3-6,10,13,18H2,1-2H3. The van der Waals surface area contributed by atoms with Gasteiger partial charge in [0.1, 0.15) is 0 Å². The fourth-order valence-corrected chi connectivity index (χ4v) is 4.32. The molecular weight excluding hydrogens is 334 g/mol. The average Bonchev–Trinajstić information content (AvgIpc) is 3.02. The zero-order valence-electron chi connectivity index (χ0n) is 15.9. The third-order valence-electron chi connectivity index (χ3n) is 4.74. The number of nitrogens with zero attached hydrogens (tertiary/aromatic N) is 1. The molecule has 0 saturated carbocycles. The second kappa shape index (κ2) is 9.68. The highest BCUT2D eigenvalue weighted by Gasteiger charge is 2.10. The van der Waals surface area contributed by atoms with E-state index < -0.39 is 0 Å². The smallest absolute Gasteiger partial charge is 0.0900 e. The summed E-state index contributed by atoms with van der Waals surface area (Å²) < 4.78 is 0. The number of thiazole rings is 1. The van der Waals surface area contributed by atoms with Crippen LogP contribution in [0.25, 0.3) is 11.1 Å². The van der Waals surface area contributed by atoms with Crippen LogP contribution in [0.1, 0.15) is 60.2 Å². The molecule has 0 aliphatic heterocycles. The lowest BCUT2D eigenvalue weighted by Gasteiger charge is -2.05. The van der Waals surface area contributed by atoms with Gasteiger partial charge >= 0.3 is 0 Å². The van der Waals surface area contributed by atoms with Crippen molar-refractivity contribution in [2.24, 2.45) is 0 Å². The molecule has 1 aromatic heterocycles. The van der Waals surface area contributed by atoms with Gasteiger partial charge < -0.3 is 0 Å². The SMILES string of the molecule is CCCCCCCc1nc(C)sc1Cc1ccc(-c2[c]cccc2)cc1. The first-order valence-corrected chi connectivity index (χ1v) is 10.6. The van der Waals surface area contributed by atoms with Gasteiger partial charge in [0, 0.05) is 11.3 Å². The number of hydrogen-bond acceptors (Lipinski definition) is 2. The van der Waals surface area contributed by atoms with Crippen molar-refractivity contribution >= 4 is 11.3 Å². The summed E-state index contributed by atoms with van der Waals surface area (Å²) in [5.41, 5.74) is 5.07. The van der Waals surface area contributed by atoms with Crippen LogP contribution in [0.3, 0.4) is 0 Å². The fraction of sp³-hybridized carbons (Fsp3) is 0.375. The summed E-state index contributed by atoms with van der Waals surface area (Å²) in [5, 5.41) is 1.19. The molecule has 135 valence electrons. The Morgan fingerprint density at radius 2 is 1.77 bits per heavy atom. The van der Waals surface area contributed by atoms with Crippen molar-refractivity contribution in [3.05, 3.63) is 75.7 Å². The summed E-state index contributed by atoms with van der Waals surface area (Å²) in [4.78, 5) is 6.24. The average molecular weight is 363 g/mol. The molecule has 0 aliphatic carbocycles. The van der Waals surface area contributed by atoms with Crippen LogP contribution in [-0.2, 0) is 12.8 Å². The molecule has 0 fully saturated rings. The lowest BCUT2D eigenvalue weighted by Crippen LogP contribution is -1.94. The van der Waals surface area contributed by atoms with Crippen molar-refractivity contribution in [2.45, 2.75) is 58.8 Å². The van der Waals surface area contributed by atoms with Crippen molar-refractivity contribution in [1.82, 2.24) is 4.98 Å². The summed E-state index contributed by atoms with van der Waals surface area (Å²) in [6.45, 7) is 4.39. The van der Waals surface area contributed by atoms with E-state index in [1.54, 1.807) is 0 Å². The maximum atomic E-state index is 4.80. The van der Waals surface area contributed by atoms with Gasteiger partial charge in [0.25, 0.3) is 0 Å². The summed E-state index contributed by atoms with van der Waals surface area (Å²) in [5.74, 6) is 0. The van der Waals surface area contributed by atoms with Gasteiger partial charge in [0.2, 0.25) is 0 Å². The molecule has 1 radical (unpaired) electrons. The highest BCUT2D eigenvalue weighted by Crippen LogP contribution is 2.25. The van der Waals surface area contributed by atoms with Gasteiger partial charge in [-0.25, -0.2) is 4.98 Å². The lowest BCUT2D eigenvalue weighted by atomic mass is 10.0. The monoisotopic (exact) mass is 362 g/mol. The Morgan fingerprint density at radius 1 is 0.962 bits per heavy atom. The maximum absolute atomic E-state index is 4.80. The minimum atomic E-state index is 0.995. The van der Waals surface area contributed by atoms with Crippen LogP contribution in [0.2, 0.25) is 0 Å². The van der Waals surface area contributed by atoms with Crippen LogP contribution in [0.4, 0.5) is 0 Å². The van der Waals surface area contributed by atoms with Crippen LogP contribution in [0.15, 0.2) is 48.5 Å². The van der Waals surface area contributed by atoms with Crippen molar-refractivity contribution in [2.75, 3.05) is 0 Å². The molecule has 0 bridgehead atoms. The lowest BCUT2D eigenvalue weighted by molar-refractivity contribution is 0.627. The van der Waals surface area contributed by atoms with E-state index >= 15 is 0 Å². The van der Waals surface area contributed by atoms with E-state index in [9.17, 15) is 0 Å². The van der Waals surface area contributed by atoms with E-state index in [1.807, 2.05) is 23.5 Å². The van der Waals surface area contributed by atoms with E-state index in [4.69, 9.17) is 4.98 Å². The van der Waals surface area contributed by atoms with E-state index in [2.05, 4.69) is 56.3 Å². The van der Waals surface area contributed by atoms with Crippen LogP contribution in [-0.4, -0.2) is 4.98 Å². The quantitative estimate of drug-likeness (QED) is 0.373. The minimum Gasteiger partial charge on any atom is -0.246 e. The van der Waals surface area contributed by atoms with E-state index in [-0.39, 0.29) is 0 Å². The first-order chi connectivity index (χ1) is 12.8. The van der Waals surface area contributed by atoms with E-state index in [0.717, 1.165) is 18.4 Å². The molecule has 1 heterocycles. The molecule has 26 heavy (non-hydrogen) atoms. The molecule has 0 spiro atoms. The number of aryl methyl sites for hydroxylation is 2. The van der Waals surface area contributed by atoms with Crippen LogP contribution < -0.4 is 0 Å². The van der Waals surface area contributed by atoms with E-state index in [1.165, 1.54) is 58.8 Å². The predicted octanol–water partition coefficient (Wildman–Crippen LogP) is 7.02. The number of aromatic nitrogens is 1. The largest absolute Gasteiger partial charge is 0.246 e. The molecule has 0 aliphatic rings. The molecular formula is C24H28NS. The second-order valence-corrected chi connectivity index (χ2v) is 8.20. The Morgan fingerprint density at radius 3 is 2.50 bits per heavy atom. The Balaban J connectivity index is 1.63. The topological polar surface area (TPSA) is 12.9 Å². The molecule has 3 aromatic rings. The molecule has 0 saturated heterocycles. The summed E-state index contributed by atoms with van der Waals surface area (Å²) in [6, 6.07) is 20.4. The zero-order chi connectivity index (χ0) is 18.2. The molecule has 2 aromatic carbocycles. The van der Waals surface area contributed by atoms with Crippen molar-refractivity contribution in [1.29, 1.82) is 0 Å². The van der Waals surface area contributed by atoms with Gasteiger partial charge in [-0.3, -0.25) is 0 Å². The normalized spacial score (nSPS) is 11.0. The number of benzene rings is 2. The van der Waals surface area contributed by atoms with Crippen LogP contribution in [0.5, 0.6) is 0 Å². The van der Waals surface area contributed by atoms with Crippen LogP contribution in [0, 0.1) is 13.0 Å². The zero-order valence-corrected chi connectivity index (χ0v) is 16.7. The number of unbranched alkanes of at least 4 members (excludes halogenated alkanes) is 4. The highest BCUT2D eigenvalue weighted by atomic mass is 32.1. The Bertz CT molecular complexity index is 787. The number of hydrogen-bond donors (Lipinski definition) is 0. The maximum Gasteiger partial charge on any atom is 0.0900 e. The van der Waals surface area contributed by atoms with Crippen molar-refractivity contribution < 1.29 is 0 Å². The highest BCUT2D eigenvalue weighted by molar-refractivity contribution is 7.11. The van der Waals surface area contributed by atoms with Gasteiger partial charge in [-0.05, 0) is 42.5 Å². The van der Waals surface area contributed by atoms with E-state index in [0.29, 0.717) is 0 Å². The molecule has 0 unspecified atom stereocenters. The Kier molecular flexibility index (Phi) is 7.02. The van der Waals surface area contributed by atoms with Crippen molar-refractivity contribution in [3.8, 4) is 11.1 Å². The van der Waals surface area contributed by atoms with Gasteiger partial charge in [0.05, 0.1) is 10.7 Å². The fourth-order valence-electron chi connectivity index (χ4n) is 3.30. The summed E-state index contributed by atoms with van der Waals surface area (Å²) in [7, 11) is 0. The van der Waals surface area contributed by atoms with Gasteiger partial charge in [0.15, 0.2) is 0 Å². The molecule has 3 rings (SSSR count). The molecule has 0 amide bonds. The molecule has 2 heteroatoms. The number of rotatable bonds is 9. The third kappa shape index (κ3) is 5.28. The minimum absolute atomic E-state index is 0.995. The second-order valence-electron chi connectivity index (χ2n) is 6.92.